The lowest BCUT2D eigenvalue weighted by Gasteiger charge is -2.35. The first-order valence-corrected chi connectivity index (χ1v) is 29.5. The number of nitrogens with one attached hydrogen (secondary N) is 2. The van der Waals surface area contributed by atoms with E-state index in [0.29, 0.717) is 0 Å². The van der Waals surface area contributed by atoms with Crippen LogP contribution in [0, 0.1) is 5.92 Å². The molecular formula is C37H53N15O24P4. The molecular weight excluding hydrogens is 1160 g/mol. The van der Waals surface area contributed by atoms with Crippen molar-refractivity contribution in [2.24, 2.45) is 13.0 Å². The summed E-state index contributed by atoms with van der Waals surface area (Å²) in [6.07, 6.45) is -11.5. The molecule has 0 aliphatic carbocycles. The predicted octanol–water partition coefficient (Wildman–Crippen LogP) is -3.97. The molecule has 0 amide bonds. The maximum Gasteiger partial charge on any atom is 0.490 e. The van der Waals surface area contributed by atoms with Gasteiger partial charge in [0.15, 0.2) is 41.4 Å². The lowest BCUT2D eigenvalue weighted by Crippen LogP contribution is -2.45. The number of nitrogens with zero attached hydrogens (tertiary/aromatic N) is 10. The molecule has 9 rings (SSSR count). The van der Waals surface area contributed by atoms with Gasteiger partial charge < -0.3 is 89.6 Å². The van der Waals surface area contributed by atoms with Gasteiger partial charge in [-0.1, -0.05) is 4.98 Å². The number of H-pyrrole nitrogens is 2. The van der Waals surface area contributed by atoms with E-state index < -0.39 is 141 Å². The molecule has 0 radical (unpaired) electrons. The zero-order valence-electron chi connectivity index (χ0n) is 41.7. The minimum Gasteiger partial charge on any atom is -0.778 e. The Morgan fingerprint density at radius 1 is 0.725 bits per heavy atom. The van der Waals surface area contributed by atoms with Crippen LogP contribution in [0.3, 0.4) is 0 Å². The SMILES string of the molecule is COCCOC[C@H]1[C@@H](O)[C@H]([n+]2cn(C)c3c(=O)[nH]c(N)nc32)O[C@@H]1COP(=O)(O)OP(=O)(O)OP(=O)(O)OCC[C@H]1O[C@@H](n2cnc3c(N)ncnc32)[C@H](OC)[C@@H]1P(=O)([O-])OC[C@H]1O[C@@H](n2cnc3c(=O)[nH]c(N)nc32)[C@H](O)[C@@H]1O. The largest absolute Gasteiger partial charge is 0.778 e. The molecule has 14 N–H and O–H groups in total. The van der Waals surface area contributed by atoms with E-state index in [1.54, 1.807) is 0 Å². The number of imidazole rings is 3. The average molecular weight is 1220 g/mol. The monoisotopic (exact) mass is 1220 g/mol. The van der Waals surface area contributed by atoms with Gasteiger partial charge in [0, 0.05) is 20.1 Å². The Morgan fingerprint density at radius 3 is 2.09 bits per heavy atom. The standard InChI is InChI=1S/C37H53N15O24P4/c1-49-14-52(30-21(49)32(57)48-37(40)46-30)33-22(53)15(8-68-7-6-66-2)17(73-33)9-71-79(62,63)76-80(64,65)75-78(60,61)69-5-4-16-26(25(67-3)35(72-16)50-12-43-19-27(38)41-11-42-28(19)50)77(58,59)70-10-18-23(54)24(55)34(74-18)51-13-44-20-29(51)45-36(39)47-31(20)56/h11-18,22-26,33-35,53-55H,4-10H2,1-3H3,(H11-,38,39,40,41,42,45,46,47,48,56,57,58,59,60,61,62,63,64,65)/t15-,16-,17-,18-,22-,23-,24-,25-,26-,33-,34-,35-/m1/s1. The number of fused-ring (bicyclic) bond motifs is 3. The summed E-state index contributed by atoms with van der Waals surface area (Å²) < 4.78 is 117. The summed E-state index contributed by atoms with van der Waals surface area (Å²) in [6, 6.07) is 0. The maximum absolute atomic E-state index is 14.4. The fourth-order valence-electron chi connectivity index (χ4n) is 9.35. The minimum atomic E-state index is -6.14. The predicted molar refractivity (Wildman–Crippen MR) is 260 cm³/mol. The van der Waals surface area contributed by atoms with Gasteiger partial charge in [0.2, 0.25) is 17.7 Å². The van der Waals surface area contributed by atoms with Crippen LogP contribution in [0.2, 0.25) is 0 Å². The number of phosphoric acid groups is 3. The second kappa shape index (κ2) is 23.2. The highest BCUT2D eigenvalue weighted by Crippen LogP contribution is 2.68. The highest BCUT2D eigenvalue weighted by Gasteiger charge is 2.54. The summed E-state index contributed by atoms with van der Waals surface area (Å²) in [5, 5.41) is 33.4. The molecule has 4 unspecified atom stereocenters. The van der Waals surface area contributed by atoms with Crippen molar-refractivity contribution in [3.05, 3.63) is 46.0 Å². The summed E-state index contributed by atoms with van der Waals surface area (Å²) >= 11 is 0. The maximum atomic E-state index is 14.4. The van der Waals surface area contributed by atoms with Crippen LogP contribution >= 0.6 is 31.1 Å². The Hall–Kier alpha value is -5.15. The van der Waals surface area contributed by atoms with Gasteiger partial charge in [0.05, 0.1) is 77.2 Å². The van der Waals surface area contributed by atoms with Crippen LogP contribution in [0.5, 0.6) is 0 Å². The average Bonchev–Trinajstić information content (AvgIpc) is 4.31. The molecule has 6 aromatic heterocycles. The molecule has 3 aliphatic heterocycles. The van der Waals surface area contributed by atoms with Crippen molar-refractivity contribution in [3.8, 4) is 0 Å². The molecule has 6 aromatic rings. The number of ether oxygens (including phenoxy) is 6. The van der Waals surface area contributed by atoms with Gasteiger partial charge in [-0.05, 0) is 6.42 Å². The van der Waals surface area contributed by atoms with Gasteiger partial charge in [0.1, 0.15) is 50.0 Å². The Kier molecular flexibility index (Phi) is 17.3. The molecule has 3 saturated heterocycles. The highest BCUT2D eigenvalue weighted by molar-refractivity contribution is 7.66. The zero-order chi connectivity index (χ0) is 57.8. The first-order valence-electron chi connectivity index (χ1n) is 23.4. The number of hydrogen-bond donors (Lipinski definition) is 11. The second-order valence-electron chi connectivity index (χ2n) is 18.0. The number of hydrogen-bond acceptors (Lipinski definition) is 30. The van der Waals surface area contributed by atoms with Crippen LogP contribution in [0.4, 0.5) is 17.7 Å². The van der Waals surface area contributed by atoms with Crippen LogP contribution in [0.15, 0.2) is 34.9 Å². The number of nitrogen functional groups attached to an aromatic ring is 3. The van der Waals surface area contributed by atoms with E-state index in [9.17, 15) is 62.7 Å². The number of anilines is 3. The topological polar surface area (TPSA) is 554 Å². The van der Waals surface area contributed by atoms with E-state index in [-0.39, 0.29) is 71.0 Å². The lowest BCUT2D eigenvalue weighted by atomic mass is 9.99. The first-order chi connectivity index (χ1) is 37.7. The molecule has 43 heteroatoms. The molecule has 3 aliphatic rings. The van der Waals surface area contributed by atoms with Crippen molar-refractivity contribution >= 4 is 82.3 Å². The number of methoxy groups -OCH3 is 2. The Balaban J connectivity index is 0.865. The first kappa shape index (κ1) is 59.5. The van der Waals surface area contributed by atoms with Crippen molar-refractivity contribution in [1.82, 2.24) is 53.6 Å². The van der Waals surface area contributed by atoms with Crippen molar-refractivity contribution in [1.29, 1.82) is 0 Å². The van der Waals surface area contributed by atoms with Crippen LogP contribution in [0.25, 0.3) is 33.5 Å². The van der Waals surface area contributed by atoms with Crippen molar-refractivity contribution in [3.63, 3.8) is 0 Å². The molecule has 16 atom stereocenters. The van der Waals surface area contributed by atoms with E-state index in [0.717, 1.165) is 24.3 Å². The van der Waals surface area contributed by atoms with E-state index in [1.165, 1.54) is 40.5 Å². The summed E-state index contributed by atoms with van der Waals surface area (Å²) in [7, 11) is -19.2. The lowest BCUT2D eigenvalue weighted by molar-refractivity contribution is -0.745. The number of aromatic amines is 2. The van der Waals surface area contributed by atoms with Gasteiger partial charge >= 0.3 is 29.1 Å². The summed E-state index contributed by atoms with van der Waals surface area (Å²) in [6.45, 7) is -3.09. The van der Waals surface area contributed by atoms with E-state index in [4.69, 9.17) is 59.2 Å². The van der Waals surface area contributed by atoms with Gasteiger partial charge in [-0.3, -0.25) is 42.3 Å². The molecule has 9 heterocycles. The normalized spacial score (nSPS) is 29.3. The Morgan fingerprint density at radius 2 is 1.38 bits per heavy atom. The molecule has 0 bridgehead atoms. The van der Waals surface area contributed by atoms with E-state index >= 15 is 0 Å². The number of phosphoric ester groups is 2. The van der Waals surface area contributed by atoms with E-state index in [1.807, 2.05) is 0 Å². The molecule has 3 fully saturated rings. The summed E-state index contributed by atoms with van der Waals surface area (Å²) in [4.78, 5) is 99.9. The molecule has 440 valence electrons. The van der Waals surface area contributed by atoms with Gasteiger partial charge in [0.25, 0.3) is 17.1 Å². The number of aliphatic hydroxyl groups is 3. The van der Waals surface area contributed by atoms with Crippen molar-refractivity contribution < 1.29 is 108 Å². The van der Waals surface area contributed by atoms with Gasteiger partial charge in [-0.2, -0.15) is 13.6 Å². The third-order valence-electron chi connectivity index (χ3n) is 12.9. The molecule has 0 saturated carbocycles. The smallest absolute Gasteiger partial charge is 0.490 e. The molecule has 0 spiro atoms. The quantitative estimate of drug-likeness (QED) is 0.0156. The van der Waals surface area contributed by atoms with Gasteiger partial charge in [-0.15, -0.1) is 0 Å². The van der Waals surface area contributed by atoms with E-state index in [2.05, 4.69) is 48.5 Å². The van der Waals surface area contributed by atoms with Crippen LogP contribution in [-0.4, -0.2) is 186 Å². The number of aromatic nitrogens is 12. The Bertz CT molecular complexity index is 3570. The molecule has 0 aromatic carbocycles. The Labute approximate surface area is 446 Å². The molecule has 39 nitrogen and oxygen atoms in total. The molecule has 80 heavy (non-hydrogen) atoms. The second-order valence-corrected chi connectivity index (χ2v) is 24.6. The number of rotatable bonds is 24. The third-order valence-corrected chi connectivity index (χ3v) is 19.0. The van der Waals surface area contributed by atoms with Gasteiger partial charge in [-0.25, -0.2) is 38.2 Å². The fourth-order valence-corrected chi connectivity index (χ4v) is 14.7. The number of nitrogens with two attached hydrogens (primary N) is 3. The van der Waals surface area contributed by atoms with Crippen molar-refractivity contribution in [2.75, 3.05) is 71.1 Å². The fraction of sp³-hybridized carbons (Fsp3) is 0.595. The van der Waals surface area contributed by atoms with Crippen LogP contribution < -0.4 is 37.8 Å². The third kappa shape index (κ3) is 12.2. The number of aliphatic hydroxyl groups excluding tert-OH is 3. The highest BCUT2D eigenvalue weighted by atomic mass is 31.3. The van der Waals surface area contributed by atoms with Crippen molar-refractivity contribution in [2.45, 2.75) is 73.5 Å². The minimum absolute atomic E-state index is 0.0244. The zero-order valence-corrected chi connectivity index (χ0v) is 45.3. The van der Waals surface area contributed by atoms with Crippen LogP contribution in [-0.2, 0) is 75.9 Å². The summed E-state index contributed by atoms with van der Waals surface area (Å²) in [5.74, 6) is -1.72. The summed E-state index contributed by atoms with van der Waals surface area (Å²) in [5.41, 5.74) is 14.0. The van der Waals surface area contributed by atoms with Crippen LogP contribution in [0.1, 0.15) is 25.1 Å². The number of aryl methyl sites for hydroxylation is 1.